The molecular weight excluding hydrogens is 220 g/mol. The molecule has 0 radical (unpaired) electrons. The Labute approximate surface area is 101 Å². The molecule has 1 rings (SSSR count). The zero-order valence-corrected chi connectivity index (χ0v) is 10.3. The summed E-state index contributed by atoms with van der Waals surface area (Å²) >= 11 is 0. The highest BCUT2D eigenvalue weighted by Crippen LogP contribution is 2.28. The first kappa shape index (κ1) is 13.5. The number of rotatable bonds is 4. The molecule has 3 N–H and O–H groups in total. The standard InChI is InChI=1S/C12H18N2O3/c1-8-4-5-11(17-3)10(6-8)14(2)12(16)9(13)7-15/h4-6,9,15H,7,13H2,1-3H3. The molecule has 1 unspecified atom stereocenters. The van der Waals surface area contributed by atoms with Crippen LogP contribution in [0.2, 0.25) is 0 Å². The molecule has 17 heavy (non-hydrogen) atoms. The van der Waals surface area contributed by atoms with Crippen molar-refractivity contribution in [3.8, 4) is 5.75 Å². The first-order chi connectivity index (χ1) is 8.01. The lowest BCUT2D eigenvalue weighted by Gasteiger charge is -2.22. The van der Waals surface area contributed by atoms with E-state index in [4.69, 9.17) is 15.6 Å². The number of carbonyl (C=O) groups is 1. The molecule has 1 atom stereocenters. The highest BCUT2D eigenvalue weighted by atomic mass is 16.5. The third kappa shape index (κ3) is 2.95. The number of methoxy groups -OCH3 is 1. The van der Waals surface area contributed by atoms with E-state index in [1.807, 2.05) is 19.1 Å². The number of nitrogens with zero attached hydrogens (tertiary/aromatic N) is 1. The number of hydrogen-bond acceptors (Lipinski definition) is 4. The van der Waals surface area contributed by atoms with E-state index in [0.717, 1.165) is 5.56 Å². The zero-order chi connectivity index (χ0) is 13.0. The summed E-state index contributed by atoms with van der Waals surface area (Å²) in [6.07, 6.45) is 0. The molecule has 0 aliphatic rings. The Kier molecular flexibility index (Phi) is 4.48. The minimum Gasteiger partial charge on any atom is -0.495 e. The minimum atomic E-state index is -0.912. The second-order valence-corrected chi connectivity index (χ2v) is 3.86. The van der Waals surface area contributed by atoms with E-state index in [2.05, 4.69) is 0 Å². The zero-order valence-electron chi connectivity index (χ0n) is 10.3. The number of aryl methyl sites for hydroxylation is 1. The van der Waals surface area contributed by atoms with Crippen molar-refractivity contribution in [3.05, 3.63) is 23.8 Å². The summed E-state index contributed by atoms with van der Waals surface area (Å²) in [6, 6.07) is 4.61. The van der Waals surface area contributed by atoms with Crippen LogP contribution in [0.3, 0.4) is 0 Å². The van der Waals surface area contributed by atoms with Crippen molar-refractivity contribution in [3.63, 3.8) is 0 Å². The average molecular weight is 238 g/mol. The predicted molar refractivity (Wildman–Crippen MR) is 66.2 cm³/mol. The summed E-state index contributed by atoms with van der Waals surface area (Å²) in [5, 5.41) is 8.88. The largest absolute Gasteiger partial charge is 0.495 e. The maximum Gasteiger partial charge on any atom is 0.246 e. The van der Waals surface area contributed by atoms with Crippen LogP contribution in [-0.2, 0) is 4.79 Å². The lowest BCUT2D eigenvalue weighted by atomic mass is 10.1. The first-order valence-electron chi connectivity index (χ1n) is 5.30. The van der Waals surface area contributed by atoms with Crippen molar-refractivity contribution in [2.45, 2.75) is 13.0 Å². The van der Waals surface area contributed by atoms with Gasteiger partial charge in [-0.05, 0) is 24.6 Å². The van der Waals surface area contributed by atoms with Gasteiger partial charge in [0.05, 0.1) is 19.4 Å². The summed E-state index contributed by atoms with van der Waals surface area (Å²) in [5.74, 6) is 0.244. The van der Waals surface area contributed by atoms with Crippen LogP contribution in [0.5, 0.6) is 5.75 Å². The molecule has 0 aliphatic heterocycles. The second kappa shape index (κ2) is 5.65. The van der Waals surface area contributed by atoms with Crippen LogP contribution < -0.4 is 15.4 Å². The number of benzene rings is 1. The van der Waals surface area contributed by atoms with Crippen molar-refractivity contribution >= 4 is 11.6 Å². The molecule has 0 fully saturated rings. The van der Waals surface area contributed by atoms with Gasteiger partial charge in [0.15, 0.2) is 0 Å². The Morgan fingerprint density at radius 1 is 1.59 bits per heavy atom. The fraction of sp³-hybridized carbons (Fsp3) is 0.417. The van der Waals surface area contributed by atoms with Gasteiger partial charge in [-0.25, -0.2) is 0 Å². The van der Waals surface area contributed by atoms with Gasteiger partial charge in [0.2, 0.25) is 5.91 Å². The first-order valence-corrected chi connectivity index (χ1v) is 5.30. The van der Waals surface area contributed by atoms with Gasteiger partial charge in [-0.3, -0.25) is 4.79 Å². The van der Waals surface area contributed by atoms with Gasteiger partial charge in [-0.2, -0.15) is 0 Å². The van der Waals surface area contributed by atoms with Crippen molar-refractivity contribution < 1.29 is 14.6 Å². The quantitative estimate of drug-likeness (QED) is 0.790. The number of aliphatic hydroxyl groups is 1. The maximum absolute atomic E-state index is 11.8. The Morgan fingerprint density at radius 2 is 2.24 bits per heavy atom. The normalized spacial score (nSPS) is 12.1. The fourth-order valence-corrected chi connectivity index (χ4v) is 1.51. The number of aliphatic hydroxyl groups excluding tert-OH is 1. The Hall–Kier alpha value is -1.59. The Balaban J connectivity index is 3.06. The molecular formula is C12H18N2O3. The van der Waals surface area contributed by atoms with Crippen molar-refractivity contribution in [2.75, 3.05) is 25.7 Å². The molecule has 0 aliphatic carbocycles. The molecule has 1 aromatic carbocycles. The van der Waals surface area contributed by atoms with E-state index >= 15 is 0 Å². The van der Waals surface area contributed by atoms with E-state index in [1.54, 1.807) is 20.2 Å². The summed E-state index contributed by atoms with van der Waals surface area (Å²) in [6.45, 7) is 1.55. The van der Waals surface area contributed by atoms with Gasteiger partial charge >= 0.3 is 0 Å². The molecule has 5 heteroatoms. The monoisotopic (exact) mass is 238 g/mol. The number of ether oxygens (including phenoxy) is 1. The average Bonchev–Trinajstić information content (AvgIpc) is 2.35. The van der Waals surface area contributed by atoms with Gasteiger partial charge in [0.1, 0.15) is 11.8 Å². The molecule has 0 bridgehead atoms. The minimum absolute atomic E-state index is 0.351. The van der Waals surface area contributed by atoms with Gasteiger partial charge in [-0.1, -0.05) is 6.07 Å². The summed E-state index contributed by atoms with van der Waals surface area (Å²) in [7, 11) is 3.15. The molecule has 5 nitrogen and oxygen atoms in total. The van der Waals surface area contributed by atoms with Gasteiger partial charge < -0.3 is 20.5 Å². The van der Waals surface area contributed by atoms with Crippen molar-refractivity contribution in [1.82, 2.24) is 0 Å². The fourth-order valence-electron chi connectivity index (χ4n) is 1.51. The van der Waals surface area contributed by atoms with Gasteiger partial charge in [0, 0.05) is 7.05 Å². The Morgan fingerprint density at radius 3 is 2.76 bits per heavy atom. The lowest BCUT2D eigenvalue weighted by Crippen LogP contribution is -2.44. The molecule has 0 heterocycles. The molecule has 0 saturated carbocycles. The number of hydrogen-bond donors (Lipinski definition) is 2. The second-order valence-electron chi connectivity index (χ2n) is 3.86. The van der Waals surface area contributed by atoms with Crippen molar-refractivity contribution in [2.24, 2.45) is 5.73 Å². The van der Waals surface area contributed by atoms with E-state index < -0.39 is 6.04 Å². The van der Waals surface area contributed by atoms with E-state index in [1.165, 1.54) is 4.90 Å². The maximum atomic E-state index is 11.8. The highest BCUT2D eigenvalue weighted by Gasteiger charge is 2.20. The molecule has 0 spiro atoms. The number of likely N-dealkylation sites (N-methyl/N-ethyl adjacent to an activating group) is 1. The SMILES string of the molecule is COc1ccc(C)cc1N(C)C(=O)C(N)CO. The smallest absolute Gasteiger partial charge is 0.246 e. The number of nitrogens with two attached hydrogens (primary N) is 1. The van der Waals surface area contributed by atoms with Crippen molar-refractivity contribution in [1.29, 1.82) is 0 Å². The molecule has 0 aromatic heterocycles. The van der Waals surface area contributed by atoms with Crippen LogP contribution in [0.25, 0.3) is 0 Å². The highest BCUT2D eigenvalue weighted by molar-refractivity contribution is 5.98. The predicted octanol–water partition coefficient (Wildman–Crippen LogP) is 0.286. The molecule has 1 amide bonds. The van der Waals surface area contributed by atoms with Crippen LogP contribution >= 0.6 is 0 Å². The summed E-state index contributed by atoms with van der Waals surface area (Å²) in [4.78, 5) is 13.2. The number of amides is 1. The van der Waals surface area contributed by atoms with Crippen LogP contribution in [0.1, 0.15) is 5.56 Å². The molecule has 0 saturated heterocycles. The van der Waals surface area contributed by atoms with E-state index in [0.29, 0.717) is 11.4 Å². The topological polar surface area (TPSA) is 75.8 Å². The molecule has 1 aromatic rings. The lowest BCUT2D eigenvalue weighted by molar-refractivity contribution is -0.120. The Bertz CT molecular complexity index is 407. The van der Waals surface area contributed by atoms with E-state index in [-0.39, 0.29) is 12.5 Å². The van der Waals surface area contributed by atoms with Crippen LogP contribution in [0, 0.1) is 6.92 Å². The summed E-state index contributed by atoms with van der Waals surface area (Å²) in [5.41, 5.74) is 7.15. The summed E-state index contributed by atoms with van der Waals surface area (Å²) < 4.78 is 5.19. The van der Waals surface area contributed by atoms with Crippen LogP contribution in [0.4, 0.5) is 5.69 Å². The van der Waals surface area contributed by atoms with Crippen LogP contribution in [-0.4, -0.2) is 37.8 Å². The third-order valence-corrected chi connectivity index (χ3v) is 2.54. The number of carbonyl (C=O) groups excluding carboxylic acids is 1. The van der Waals surface area contributed by atoms with Gasteiger partial charge in [-0.15, -0.1) is 0 Å². The third-order valence-electron chi connectivity index (χ3n) is 2.54. The van der Waals surface area contributed by atoms with Crippen LogP contribution in [0.15, 0.2) is 18.2 Å². The number of anilines is 1. The molecule has 94 valence electrons. The van der Waals surface area contributed by atoms with E-state index in [9.17, 15) is 4.79 Å². The van der Waals surface area contributed by atoms with Gasteiger partial charge in [0.25, 0.3) is 0 Å².